The Hall–Kier alpha value is -1.69. The van der Waals surface area contributed by atoms with Gasteiger partial charge in [0.15, 0.2) is 0 Å². The topological polar surface area (TPSA) is 0 Å². The van der Waals surface area contributed by atoms with Crippen molar-refractivity contribution in [3.05, 3.63) is 71.8 Å². The minimum absolute atomic E-state index is 0.978. The normalized spacial score (nSPS) is 9.33. The van der Waals surface area contributed by atoms with E-state index in [1.807, 2.05) is 60.7 Å². The van der Waals surface area contributed by atoms with E-state index in [9.17, 15) is 0 Å². The van der Waals surface area contributed by atoms with Crippen LogP contribution in [-0.4, -0.2) is 5.02 Å². The first kappa shape index (κ1) is 9.85. The molecule has 0 nitrogen and oxygen atoms in total. The van der Waals surface area contributed by atoms with Crippen LogP contribution in [0.3, 0.4) is 0 Å². The molecule has 1 heteroatoms. The molecule has 0 aliphatic heterocycles. The van der Waals surface area contributed by atoms with Gasteiger partial charge in [-0.15, -0.1) is 0 Å². The molecule has 72 valence electrons. The fraction of sp³-hybridized carbons (Fsp3) is 0. The van der Waals surface area contributed by atoms with Gasteiger partial charge in [-0.05, 0) is 28.4 Å². The minimum Gasteiger partial charge on any atom is -0.0622 e. The molecule has 0 heterocycles. The number of benzene rings is 2. The Morgan fingerprint density at radius 3 is 1.47 bits per heavy atom. The Balaban J connectivity index is 2.48. The van der Waals surface area contributed by atoms with Gasteiger partial charge in [0.1, 0.15) is 0 Å². The van der Waals surface area contributed by atoms with Gasteiger partial charge in [0, 0.05) is 5.57 Å². The standard InChI is InChI=1S/C14H10S/c15-11-14(12-7-3-1-4-8-12)13-9-5-2-6-10-13/h1-10H. The van der Waals surface area contributed by atoms with Crippen LogP contribution in [0.25, 0.3) is 5.57 Å². The van der Waals surface area contributed by atoms with Crippen LogP contribution in [0.5, 0.6) is 0 Å². The predicted molar refractivity (Wildman–Crippen MR) is 68.0 cm³/mol. The SMILES string of the molecule is S=C=C(c1ccccc1)c1ccccc1. The zero-order chi connectivity index (χ0) is 10.5. The number of rotatable bonds is 2. The van der Waals surface area contributed by atoms with E-state index in [2.05, 4.69) is 5.02 Å². The molecule has 0 aliphatic rings. The maximum atomic E-state index is 4.95. The Labute approximate surface area is 94.9 Å². The van der Waals surface area contributed by atoms with E-state index in [-0.39, 0.29) is 0 Å². The Morgan fingerprint density at radius 1 is 0.733 bits per heavy atom. The largest absolute Gasteiger partial charge is 0.0622 e. The molecule has 2 rings (SSSR count). The summed E-state index contributed by atoms with van der Waals surface area (Å²) in [6, 6.07) is 20.2. The van der Waals surface area contributed by atoms with Crippen molar-refractivity contribution < 1.29 is 0 Å². The highest BCUT2D eigenvalue weighted by Crippen LogP contribution is 2.19. The molecule has 2 aromatic carbocycles. The lowest BCUT2D eigenvalue weighted by Crippen LogP contribution is -1.86. The summed E-state index contributed by atoms with van der Waals surface area (Å²) in [6.45, 7) is 0. The second-order valence-electron chi connectivity index (χ2n) is 3.21. The second-order valence-corrected chi connectivity index (χ2v) is 3.41. The molecule has 2 aromatic rings. The van der Waals surface area contributed by atoms with E-state index in [1.54, 1.807) is 0 Å². The molecule has 0 N–H and O–H groups in total. The first-order valence-electron chi connectivity index (χ1n) is 4.78. The summed E-state index contributed by atoms with van der Waals surface area (Å²) in [6.07, 6.45) is 0. The quantitative estimate of drug-likeness (QED) is 0.681. The molecule has 15 heavy (non-hydrogen) atoms. The maximum Gasteiger partial charge on any atom is 0.0425 e. The van der Waals surface area contributed by atoms with Crippen molar-refractivity contribution >= 4 is 22.8 Å². The highest BCUT2D eigenvalue weighted by atomic mass is 32.1. The molecular weight excluding hydrogens is 200 g/mol. The van der Waals surface area contributed by atoms with Crippen LogP contribution in [0.1, 0.15) is 11.1 Å². The Morgan fingerprint density at radius 2 is 1.13 bits per heavy atom. The first-order valence-corrected chi connectivity index (χ1v) is 5.18. The molecule has 0 saturated carbocycles. The molecule has 0 amide bonds. The van der Waals surface area contributed by atoms with Crippen LogP contribution in [-0.2, 0) is 0 Å². The van der Waals surface area contributed by atoms with Gasteiger partial charge in [-0.2, -0.15) is 0 Å². The van der Waals surface area contributed by atoms with E-state index in [0.717, 1.165) is 16.7 Å². The summed E-state index contributed by atoms with van der Waals surface area (Å²) >= 11 is 4.95. The molecule has 0 bridgehead atoms. The fourth-order valence-corrected chi connectivity index (χ4v) is 1.73. The third-order valence-corrected chi connectivity index (χ3v) is 2.43. The van der Waals surface area contributed by atoms with Crippen molar-refractivity contribution in [3.8, 4) is 0 Å². The number of hydrogen-bond acceptors (Lipinski definition) is 1. The Kier molecular flexibility index (Phi) is 3.08. The monoisotopic (exact) mass is 210 g/mol. The molecule has 0 spiro atoms. The van der Waals surface area contributed by atoms with Crippen LogP contribution >= 0.6 is 12.2 Å². The smallest absolute Gasteiger partial charge is 0.0425 e. The lowest BCUT2D eigenvalue weighted by molar-refractivity contribution is 1.57. The van der Waals surface area contributed by atoms with Gasteiger partial charge in [-0.3, -0.25) is 0 Å². The second kappa shape index (κ2) is 4.70. The lowest BCUT2D eigenvalue weighted by Gasteiger charge is -2.03. The zero-order valence-corrected chi connectivity index (χ0v) is 9.00. The average molecular weight is 210 g/mol. The van der Waals surface area contributed by atoms with Gasteiger partial charge >= 0.3 is 0 Å². The summed E-state index contributed by atoms with van der Waals surface area (Å²) < 4.78 is 0. The molecule has 0 atom stereocenters. The highest BCUT2D eigenvalue weighted by molar-refractivity contribution is 7.78. The molecule has 0 saturated heterocycles. The molecule has 0 aromatic heterocycles. The van der Waals surface area contributed by atoms with E-state index in [4.69, 9.17) is 12.2 Å². The average Bonchev–Trinajstić information content (AvgIpc) is 2.33. The summed E-state index contributed by atoms with van der Waals surface area (Å²) in [4.78, 5) is 0. The van der Waals surface area contributed by atoms with Crippen LogP contribution in [0.15, 0.2) is 60.7 Å². The third-order valence-electron chi connectivity index (χ3n) is 2.23. The molecule has 0 unspecified atom stereocenters. The summed E-state index contributed by atoms with van der Waals surface area (Å²) in [5, 5.41) is 2.83. The fourth-order valence-electron chi connectivity index (χ4n) is 1.49. The third kappa shape index (κ3) is 2.21. The van der Waals surface area contributed by atoms with Crippen molar-refractivity contribution in [1.82, 2.24) is 0 Å². The van der Waals surface area contributed by atoms with Gasteiger partial charge in [-0.25, -0.2) is 0 Å². The lowest BCUT2D eigenvalue weighted by atomic mass is 10.00. The van der Waals surface area contributed by atoms with Crippen molar-refractivity contribution in [3.63, 3.8) is 0 Å². The molecule has 0 radical (unpaired) electrons. The van der Waals surface area contributed by atoms with Crippen LogP contribution < -0.4 is 0 Å². The molecule has 0 fully saturated rings. The Bertz CT molecular complexity index is 438. The van der Waals surface area contributed by atoms with Crippen LogP contribution in [0.4, 0.5) is 0 Å². The number of hydrogen-bond donors (Lipinski definition) is 0. The number of thiocarbonyl (C=S) groups is 1. The zero-order valence-electron chi connectivity index (χ0n) is 8.18. The minimum atomic E-state index is 0.978. The molecule has 0 aliphatic carbocycles. The van der Waals surface area contributed by atoms with E-state index in [0.29, 0.717) is 0 Å². The van der Waals surface area contributed by atoms with Gasteiger partial charge < -0.3 is 0 Å². The van der Waals surface area contributed by atoms with Gasteiger partial charge in [0.2, 0.25) is 0 Å². The van der Waals surface area contributed by atoms with Gasteiger partial charge in [-0.1, -0.05) is 60.7 Å². The van der Waals surface area contributed by atoms with Crippen LogP contribution in [0, 0.1) is 0 Å². The van der Waals surface area contributed by atoms with E-state index in [1.165, 1.54) is 0 Å². The summed E-state index contributed by atoms with van der Waals surface area (Å²) in [5.74, 6) is 0. The van der Waals surface area contributed by atoms with Crippen LogP contribution in [0.2, 0.25) is 0 Å². The predicted octanol–water partition coefficient (Wildman–Crippen LogP) is 3.72. The maximum absolute atomic E-state index is 4.95. The summed E-state index contributed by atoms with van der Waals surface area (Å²) in [5.41, 5.74) is 3.20. The van der Waals surface area contributed by atoms with Crippen molar-refractivity contribution in [2.24, 2.45) is 0 Å². The first-order chi connectivity index (χ1) is 7.42. The molecular formula is C14H10S. The summed E-state index contributed by atoms with van der Waals surface area (Å²) in [7, 11) is 0. The van der Waals surface area contributed by atoms with Crippen molar-refractivity contribution in [1.29, 1.82) is 0 Å². The van der Waals surface area contributed by atoms with Gasteiger partial charge in [0.25, 0.3) is 0 Å². The van der Waals surface area contributed by atoms with Gasteiger partial charge in [0.05, 0.1) is 0 Å². The van der Waals surface area contributed by atoms with Crippen molar-refractivity contribution in [2.75, 3.05) is 0 Å². The van der Waals surface area contributed by atoms with E-state index < -0.39 is 0 Å². The van der Waals surface area contributed by atoms with Crippen molar-refractivity contribution in [2.45, 2.75) is 0 Å². The highest BCUT2D eigenvalue weighted by Gasteiger charge is 2.02. The van der Waals surface area contributed by atoms with E-state index >= 15 is 0 Å².